The van der Waals surface area contributed by atoms with Gasteiger partial charge in [-0.3, -0.25) is 4.98 Å². The van der Waals surface area contributed by atoms with E-state index >= 15 is 0 Å². The molecule has 0 saturated heterocycles. The number of hydrogen-bond donors (Lipinski definition) is 2. The molecular formula is C19H21N3O3. The Hall–Kier alpha value is -3.20. The number of methoxy groups -OCH3 is 1. The molecule has 1 aromatic carbocycles. The van der Waals surface area contributed by atoms with Gasteiger partial charge >= 0.3 is 6.03 Å². The molecule has 1 aromatic heterocycles. The molecule has 2 aromatic rings. The SMILES string of the molecule is C#CCNC(=O)N[C@H](C)c1ccc(OCc2ccncc2)c(OC)c1. The van der Waals surface area contributed by atoms with E-state index in [1.165, 1.54) is 0 Å². The molecule has 0 aliphatic carbocycles. The first kappa shape index (κ1) is 18.1. The number of aromatic nitrogens is 1. The van der Waals surface area contributed by atoms with Crippen molar-refractivity contribution in [1.29, 1.82) is 0 Å². The molecule has 2 amide bonds. The number of hydrogen-bond acceptors (Lipinski definition) is 4. The summed E-state index contributed by atoms with van der Waals surface area (Å²) in [5.41, 5.74) is 1.91. The Morgan fingerprint density at radius 3 is 2.72 bits per heavy atom. The van der Waals surface area contributed by atoms with Crippen molar-refractivity contribution in [3.05, 3.63) is 53.9 Å². The summed E-state index contributed by atoms with van der Waals surface area (Å²) in [4.78, 5) is 15.7. The monoisotopic (exact) mass is 339 g/mol. The maximum absolute atomic E-state index is 11.7. The fourth-order valence-electron chi connectivity index (χ4n) is 2.18. The highest BCUT2D eigenvalue weighted by Crippen LogP contribution is 2.30. The number of rotatable bonds is 7. The molecule has 1 atom stereocenters. The molecule has 0 bridgehead atoms. The number of ether oxygens (including phenoxy) is 2. The van der Waals surface area contributed by atoms with Crippen molar-refractivity contribution in [3.63, 3.8) is 0 Å². The summed E-state index contributed by atoms with van der Waals surface area (Å²) >= 11 is 0. The second kappa shape index (κ2) is 9.18. The van der Waals surface area contributed by atoms with Gasteiger partial charge in [0, 0.05) is 12.4 Å². The highest BCUT2D eigenvalue weighted by Gasteiger charge is 2.13. The van der Waals surface area contributed by atoms with Crippen molar-refractivity contribution in [2.24, 2.45) is 0 Å². The van der Waals surface area contributed by atoms with Crippen LogP contribution in [0, 0.1) is 12.3 Å². The van der Waals surface area contributed by atoms with E-state index in [-0.39, 0.29) is 18.6 Å². The third-order valence-corrected chi connectivity index (χ3v) is 3.53. The van der Waals surface area contributed by atoms with Gasteiger partial charge in [0.1, 0.15) is 6.61 Å². The maximum Gasteiger partial charge on any atom is 0.316 e. The van der Waals surface area contributed by atoms with Crippen LogP contribution in [0.3, 0.4) is 0 Å². The first-order chi connectivity index (χ1) is 12.1. The molecule has 0 saturated carbocycles. The summed E-state index contributed by atoms with van der Waals surface area (Å²) < 4.78 is 11.2. The molecular weight excluding hydrogens is 318 g/mol. The van der Waals surface area contributed by atoms with Gasteiger partial charge in [-0.05, 0) is 42.3 Å². The second-order valence-corrected chi connectivity index (χ2v) is 5.31. The number of terminal acetylenes is 1. The Labute approximate surface area is 147 Å². The molecule has 2 N–H and O–H groups in total. The number of benzene rings is 1. The van der Waals surface area contributed by atoms with Crippen LogP contribution in [-0.2, 0) is 6.61 Å². The highest BCUT2D eigenvalue weighted by atomic mass is 16.5. The third kappa shape index (κ3) is 5.43. The summed E-state index contributed by atoms with van der Waals surface area (Å²) in [7, 11) is 1.58. The normalized spacial score (nSPS) is 11.1. The van der Waals surface area contributed by atoms with Gasteiger partial charge in [-0.1, -0.05) is 12.0 Å². The molecule has 0 unspecified atom stereocenters. The van der Waals surface area contributed by atoms with E-state index in [1.807, 2.05) is 37.3 Å². The largest absolute Gasteiger partial charge is 0.493 e. The minimum atomic E-state index is -0.317. The van der Waals surface area contributed by atoms with Crippen molar-refractivity contribution in [2.45, 2.75) is 19.6 Å². The average molecular weight is 339 g/mol. The topological polar surface area (TPSA) is 72.5 Å². The highest BCUT2D eigenvalue weighted by molar-refractivity contribution is 5.74. The Kier molecular flexibility index (Phi) is 6.66. The van der Waals surface area contributed by atoms with Gasteiger partial charge in [0.25, 0.3) is 0 Å². The summed E-state index contributed by atoms with van der Waals surface area (Å²) in [5.74, 6) is 3.59. The van der Waals surface area contributed by atoms with Crippen molar-refractivity contribution in [1.82, 2.24) is 15.6 Å². The van der Waals surface area contributed by atoms with Gasteiger partial charge in [-0.25, -0.2) is 4.79 Å². The smallest absolute Gasteiger partial charge is 0.316 e. The number of nitrogens with one attached hydrogen (secondary N) is 2. The standard InChI is InChI=1S/C19H21N3O3/c1-4-9-21-19(23)22-14(2)16-5-6-17(18(12-16)24-3)25-13-15-7-10-20-11-8-15/h1,5-8,10-12,14H,9,13H2,2-3H3,(H2,21,22,23)/t14-/m1/s1. The van der Waals surface area contributed by atoms with E-state index in [4.69, 9.17) is 15.9 Å². The predicted octanol–water partition coefficient (Wildman–Crippen LogP) is 2.66. The lowest BCUT2D eigenvalue weighted by atomic mass is 10.1. The van der Waals surface area contributed by atoms with E-state index in [1.54, 1.807) is 19.5 Å². The van der Waals surface area contributed by atoms with Gasteiger partial charge in [-0.2, -0.15) is 0 Å². The van der Waals surface area contributed by atoms with Gasteiger partial charge < -0.3 is 20.1 Å². The molecule has 6 nitrogen and oxygen atoms in total. The van der Waals surface area contributed by atoms with Crippen LogP contribution in [0.1, 0.15) is 24.1 Å². The zero-order chi connectivity index (χ0) is 18.1. The molecule has 0 spiro atoms. The number of carbonyl (C=O) groups excluding carboxylic acids is 1. The summed E-state index contributed by atoms with van der Waals surface area (Å²) in [5, 5.41) is 5.37. The molecule has 1 heterocycles. The Balaban J connectivity index is 2.02. The first-order valence-corrected chi connectivity index (χ1v) is 7.81. The predicted molar refractivity (Wildman–Crippen MR) is 95.3 cm³/mol. The van der Waals surface area contributed by atoms with Gasteiger partial charge in [0.05, 0.1) is 19.7 Å². The van der Waals surface area contributed by atoms with Crippen LogP contribution in [0.25, 0.3) is 0 Å². The van der Waals surface area contributed by atoms with Crippen LogP contribution < -0.4 is 20.1 Å². The van der Waals surface area contributed by atoms with Crippen LogP contribution in [-0.4, -0.2) is 24.7 Å². The lowest BCUT2D eigenvalue weighted by Crippen LogP contribution is -2.37. The van der Waals surface area contributed by atoms with Crippen LogP contribution >= 0.6 is 0 Å². The summed E-state index contributed by atoms with van der Waals surface area (Å²) in [6.45, 7) is 2.48. The number of amides is 2. The van der Waals surface area contributed by atoms with Crippen molar-refractivity contribution in [3.8, 4) is 23.8 Å². The number of pyridine rings is 1. The third-order valence-electron chi connectivity index (χ3n) is 3.53. The van der Waals surface area contributed by atoms with E-state index in [0.717, 1.165) is 11.1 Å². The van der Waals surface area contributed by atoms with Crippen molar-refractivity contribution < 1.29 is 14.3 Å². The van der Waals surface area contributed by atoms with Gasteiger partial charge in [-0.15, -0.1) is 6.42 Å². The fourth-order valence-corrected chi connectivity index (χ4v) is 2.18. The van der Waals surface area contributed by atoms with Gasteiger partial charge in [0.15, 0.2) is 11.5 Å². The van der Waals surface area contributed by atoms with Crippen LogP contribution in [0.15, 0.2) is 42.7 Å². The fraction of sp³-hybridized carbons (Fsp3) is 0.263. The van der Waals surface area contributed by atoms with Crippen molar-refractivity contribution in [2.75, 3.05) is 13.7 Å². The molecule has 0 radical (unpaired) electrons. The molecule has 0 aliphatic rings. The lowest BCUT2D eigenvalue weighted by Gasteiger charge is -2.17. The van der Waals surface area contributed by atoms with E-state index < -0.39 is 0 Å². The minimum absolute atomic E-state index is 0.184. The number of carbonyl (C=O) groups is 1. The molecule has 0 fully saturated rings. The molecule has 6 heteroatoms. The molecule has 130 valence electrons. The van der Waals surface area contributed by atoms with Crippen LogP contribution in [0.5, 0.6) is 11.5 Å². The van der Waals surface area contributed by atoms with Crippen LogP contribution in [0.4, 0.5) is 4.79 Å². The van der Waals surface area contributed by atoms with Crippen LogP contribution in [0.2, 0.25) is 0 Å². The number of urea groups is 1. The Morgan fingerprint density at radius 1 is 1.28 bits per heavy atom. The van der Waals surface area contributed by atoms with Gasteiger partial charge in [0.2, 0.25) is 0 Å². The molecule has 2 rings (SSSR count). The maximum atomic E-state index is 11.7. The summed E-state index contributed by atoms with van der Waals surface area (Å²) in [6, 6.07) is 8.81. The van der Waals surface area contributed by atoms with E-state index in [9.17, 15) is 4.79 Å². The van der Waals surface area contributed by atoms with E-state index in [2.05, 4.69) is 21.5 Å². The molecule has 0 aliphatic heterocycles. The van der Waals surface area contributed by atoms with E-state index in [0.29, 0.717) is 18.1 Å². The minimum Gasteiger partial charge on any atom is -0.493 e. The lowest BCUT2D eigenvalue weighted by molar-refractivity contribution is 0.239. The molecule has 25 heavy (non-hydrogen) atoms. The average Bonchev–Trinajstić information content (AvgIpc) is 2.65. The quantitative estimate of drug-likeness (QED) is 0.761. The number of nitrogens with zero attached hydrogens (tertiary/aromatic N) is 1. The first-order valence-electron chi connectivity index (χ1n) is 7.81. The Bertz CT molecular complexity index is 741. The van der Waals surface area contributed by atoms with Crippen molar-refractivity contribution >= 4 is 6.03 Å². The second-order valence-electron chi connectivity index (χ2n) is 5.31. The zero-order valence-electron chi connectivity index (χ0n) is 14.3. The summed E-state index contributed by atoms with van der Waals surface area (Å²) in [6.07, 6.45) is 8.56. The Morgan fingerprint density at radius 2 is 2.04 bits per heavy atom. The zero-order valence-corrected chi connectivity index (χ0v) is 14.3.